The Morgan fingerprint density at radius 2 is 1.64 bits per heavy atom. The smallest absolute Gasteiger partial charge is 0.239 e. The molecule has 0 spiro atoms. The molecule has 0 saturated carbocycles. The normalized spacial score (nSPS) is 10.1. The summed E-state index contributed by atoms with van der Waals surface area (Å²) in [4.78, 5) is 9.83. The van der Waals surface area contributed by atoms with E-state index >= 15 is 0 Å². The van der Waals surface area contributed by atoms with Gasteiger partial charge in [0.1, 0.15) is 0 Å². The summed E-state index contributed by atoms with van der Waals surface area (Å²) in [5, 5.41) is 10.2. The summed E-state index contributed by atoms with van der Waals surface area (Å²) in [5.41, 5.74) is 0.151. The summed E-state index contributed by atoms with van der Waals surface area (Å²) in [6, 6.07) is 0. The first kappa shape index (κ1) is 13.1. The van der Waals surface area contributed by atoms with Crippen LogP contribution in [0.4, 0.5) is 0 Å². The highest BCUT2D eigenvalue weighted by Crippen LogP contribution is 2.11. The van der Waals surface area contributed by atoms with Crippen molar-refractivity contribution < 1.29 is 4.92 Å². The van der Waals surface area contributed by atoms with Crippen LogP contribution in [0, 0.1) is 10.1 Å². The number of hydrogen-bond acceptors (Lipinski definition) is 2. The Balaban J connectivity index is 3.13. The minimum Gasteiger partial charge on any atom is -0.259 e. The molecule has 0 aliphatic heterocycles. The molecule has 0 amide bonds. The molecule has 0 bridgehead atoms. The lowest BCUT2D eigenvalue weighted by Gasteiger charge is -1.99. The van der Waals surface area contributed by atoms with Crippen LogP contribution in [0.2, 0.25) is 0 Å². The van der Waals surface area contributed by atoms with Gasteiger partial charge in [-0.25, -0.2) is 0 Å². The molecule has 14 heavy (non-hydrogen) atoms. The van der Waals surface area contributed by atoms with E-state index in [0.717, 1.165) is 12.8 Å². The van der Waals surface area contributed by atoms with E-state index in [4.69, 9.17) is 0 Å². The minimum atomic E-state index is -0.378. The monoisotopic (exact) mass is 199 g/mol. The molecule has 0 heterocycles. The molecule has 0 radical (unpaired) electrons. The maximum absolute atomic E-state index is 10.2. The van der Waals surface area contributed by atoms with Crippen molar-refractivity contribution >= 4 is 0 Å². The van der Waals surface area contributed by atoms with Crippen LogP contribution < -0.4 is 0 Å². The summed E-state index contributed by atoms with van der Waals surface area (Å²) >= 11 is 0. The molecule has 3 heteroatoms. The van der Waals surface area contributed by atoms with E-state index in [0.29, 0.717) is 6.42 Å². The fourth-order valence-electron chi connectivity index (χ4n) is 1.38. The van der Waals surface area contributed by atoms with Gasteiger partial charge in [0.2, 0.25) is 5.70 Å². The average Bonchev–Trinajstić information content (AvgIpc) is 2.16. The zero-order chi connectivity index (χ0) is 10.8. The second-order valence-corrected chi connectivity index (χ2v) is 3.69. The highest BCUT2D eigenvalue weighted by atomic mass is 16.6. The Bertz CT molecular complexity index is 178. The lowest BCUT2D eigenvalue weighted by atomic mass is 10.1. The summed E-state index contributed by atoms with van der Waals surface area (Å²) < 4.78 is 0. The second kappa shape index (κ2) is 8.73. The molecule has 0 aliphatic carbocycles. The van der Waals surface area contributed by atoms with Crippen molar-refractivity contribution in [2.75, 3.05) is 0 Å². The molecule has 0 atom stereocenters. The standard InChI is InChI=1S/C11H21NO2/c1-3-4-5-6-7-8-9-10-11(2)12(13)14/h2-10H2,1H3. The quantitative estimate of drug-likeness (QED) is 0.321. The van der Waals surface area contributed by atoms with E-state index in [9.17, 15) is 10.1 Å². The van der Waals surface area contributed by atoms with Gasteiger partial charge in [-0.3, -0.25) is 10.1 Å². The molecule has 0 aromatic heterocycles. The summed E-state index contributed by atoms with van der Waals surface area (Å²) in [6.45, 7) is 5.60. The van der Waals surface area contributed by atoms with E-state index in [-0.39, 0.29) is 10.6 Å². The topological polar surface area (TPSA) is 43.1 Å². The van der Waals surface area contributed by atoms with E-state index < -0.39 is 0 Å². The molecule has 0 fully saturated rings. The molecule has 0 unspecified atom stereocenters. The SMILES string of the molecule is C=C(CCCCCCCCC)[N+](=O)[O-]. The molecule has 0 rings (SSSR count). The molecule has 0 N–H and O–H groups in total. The van der Waals surface area contributed by atoms with Gasteiger partial charge in [-0.15, -0.1) is 0 Å². The van der Waals surface area contributed by atoms with Crippen LogP contribution in [0.3, 0.4) is 0 Å². The van der Waals surface area contributed by atoms with Gasteiger partial charge >= 0.3 is 0 Å². The van der Waals surface area contributed by atoms with E-state index in [2.05, 4.69) is 13.5 Å². The first-order chi connectivity index (χ1) is 6.68. The zero-order valence-corrected chi connectivity index (χ0v) is 9.13. The number of unbranched alkanes of at least 4 members (excludes halogenated alkanes) is 6. The van der Waals surface area contributed by atoms with Crippen LogP contribution in [-0.2, 0) is 0 Å². The number of hydrogen-bond donors (Lipinski definition) is 0. The largest absolute Gasteiger partial charge is 0.259 e. The Hall–Kier alpha value is -0.860. The molecule has 3 nitrogen and oxygen atoms in total. The minimum absolute atomic E-state index is 0.151. The molecule has 0 aromatic carbocycles. The average molecular weight is 199 g/mol. The van der Waals surface area contributed by atoms with Crippen LogP contribution in [0.1, 0.15) is 58.3 Å². The van der Waals surface area contributed by atoms with Crippen LogP contribution in [-0.4, -0.2) is 4.92 Å². The number of rotatable bonds is 9. The van der Waals surface area contributed by atoms with Crippen molar-refractivity contribution in [1.29, 1.82) is 0 Å². The first-order valence-electron chi connectivity index (χ1n) is 5.50. The second-order valence-electron chi connectivity index (χ2n) is 3.69. The van der Waals surface area contributed by atoms with E-state index in [1.54, 1.807) is 0 Å². The Morgan fingerprint density at radius 3 is 2.14 bits per heavy atom. The summed E-state index contributed by atoms with van der Waals surface area (Å²) in [7, 11) is 0. The lowest BCUT2D eigenvalue weighted by Crippen LogP contribution is -1.96. The molecule has 0 saturated heterocycles. The molecular formula is C11H21NO2. The fraction of sp³-hybridized carbons (Fsp3) is 0.818. The van der Waals surface area contributed by atoms with Gasteiger partial charge in [-0.1, -0.05) is 45.4 Å². The zero-order valence-electron chi connectivity index (χ0n) is 9.13. The molecule has 0 aliphatic rings. The molecule has 0 aromatic rings. The van der Waals surface area contributed by atoms with Crippen LogP contribution in [0.25, 0.3) is 0 Å². The van der Waals surface area contributed by atoms with Crippen LogP contribution >= 0.6 is 0 Å². The van der Waals surface area contributed by atoms with Crippen molar-refractivity contribution in [2.24, 2.45) is 0 Å². The molecular weight excluding hydrogens is 178 g/mol. The lowest BCUT2D eigenvalue weighted by molar-refractivity contribution is -0.427. The predicted molar refractivity (Wildman–Crippen MR) is 58.7 cm³/mol. The fourth-order valence-corrected chi connectivity index (χ4v) is 1.38. The van der Waals surface area contributed by atoms with Gasteiger partial charge in [0.15, 0.2) is 0 Å². The van der Waals surface area contributed by atoms with Crippen LogP contribution in [0.15, 0.2) is 12.3 Å². The third-order valence-electron chi connectivity index (χ3n) is 2.33. The number of allylic oxidation sites excluding steroid dienone is 1. The summed E-state index contributed by atoms with van der Waals surface area (Å²) in [6.07, 6.45) is 8.87. The number of nitro groups is 1. The van der Waals surface area contributed by atoms with E-state index in [1.165, 1.54) is 32.1 Å². The van der Waals surface area contributed by atoms with E-state index in [1.807, 2.05) is 0 Å². The Kier molecular flexibility index (Phi) is 8.19. The Morgan fingerprint density at radius 1 is 1.14 bits per heavy atom. The van der Waals surface area contributed by atoms with Gasteiger partial charge < -0.3 is 0 Å². The van der Waals surface area contributed by atoms with Gasteiger partial charge in [0.25, 0.3) is 0 Å². The highest BCUT2D eigenvalue weighted by Gasteiger charge is 2.04. The van der Waals surface area contributed by atoms with Gasteiger partial charge in [-0.2, -0.15) is 0 Å². The van der Waals surface area contributed by atoms with Crippen molar-refractivity contribution in [2.45, 2.75) is 58.3 Å². The maximum atomic E-state index is 10.2. The van der Waals surface area contributed by atoms with Crippen molar-refractivity contribution in [1.82, 2.24) is 0 Å². The third kappa shape index (κ3) is 7.77. The first-order valence-corrected chi connectivity index (χ1v) is 5.50. The van der Waals surface area contributed by atoms with Gasteiger partial charge in [0.05, 0.1) is 4.92 Å². The summed E-state index contributed by atoms with van der Waals surface area (Å²) in [5.74, 6) is 0. The predicted octanol–water partition coefficient (Wildman–Crippen LogP) is 3.92. The van der Waals surface area contributed by atoms with Gasteiger partial charge in [0, 0.05) is 6.42 Å². The van der Waals surface area contributed by atoms with Crippen molar-refractivity contribution in [3.05, 3.63) is 22.4 Å². The third-order valence-corrected chi connectivity index (χ3v) is 2.33. The van der Waals surface area contributed by atoms with Crippen LogP contribution in [0.5, 0.6) is 0 Å². The van der Waals surface area contributed by atoms with Crippen molar-refractivity contribution in [3.63, 3.8) is 0 Å². The maximum Gasteiger partial charge on any atom is 0.239 e. The number of nitrogens with zero attached hydrogens (tertiary/aromatic N) is 1. The highest BCUT2D eigenvalue weighted by molar-refractivity contribution is 4.79. The Labute approximate surface area is 86.4 Å². The van der Waals surface area contributed by atoms with Gasteiger partial charge in [-0.05, 0) is 13.0 Å². The molecule has 82 valence electrons. The van der Waals surface area contributed by atoms with Crippen molar-refractivity contribution in [3.8, 4) is 0 Å².